The monoisotopic (exact) mass is 382 g/mol. The van der Waals surface area contributed by atoms with Gasteiger partial charge in [0, 0.05) is 12.6 Å². The number of methoxy groups -OCH3 is 1. The molecule has 0 atom stereocenters. The number of aromatic nitrogens is 2. The number of imidazole rings is 1. The number of benzene rings is 1. The number of carbonyl (C=O) groups is 3. The van der Waals surface area contributed by atoms with Crippen molar-refractivity contribution in [2.45, 2.75) is 44.7 Å². The number of hydrogen-bond donors (Lipinski definition) is 2. The van der Waals surface area contributed by atoms with E-state index in [2.05, 4.69) is 15.6 Å². The number of hydrogen-bond acceptors (Lipinski definition) is 5. The zero-order valence-electron chi connectivity index (χ0n) is 15.7. The standard InChI is InChI=1S/C20H22N4O4/c1-28-20(27)13-6-2-3-7-14(13)22-18(25)16-15-8-4-5-11-24(15)17(23-16)19(26)21-12-9-10-12/h2-3,6-7,12H,4-5,8-11H2,1H3,(H,21,26)(H,22,25). The molecule has 8 heteroatoms. The summed E-state index contributed by atoms with van der Waals surface area (Å²) in [6, 6.07) is 6.85. The first-order valence-electron chi connectivity index (χ1n) is 9.47. The molecular formula is C20H22N4O4. The van der Waals surface area contributed by atoms with Crippen LogP contribution in [-0.4, -0.2) is 40.5 Å². The molecule has 1 aromatic heterocycles. The zero-order chi connectivity index (χ0) is 19.7. The summed E-state index contributed by atoms with van der Waals surface area (Å²) in [5.74, 6) is -0.924. The van der Waals surface area contributed by atoms with Crippen LogP contribution >= 0.6 is 0 Å². The van der Waals surface area contributed by atoms with Crippen LogP contribution in [0.3, 0.4) is 0 Å². The molecule has 1 fully saturated rings. The number of anilines is 1. The van der Waals surface area contributed by atoms with Gasteiger partial charge in [-0.05, 0) is 44.2 Å². The summed E-state index contributed by atoms with van der Waals surface area (Å²) in [6.07, 6.45) is 4.53. The number of nitrogens with zero attached hydrogens (tertiary/aromatic N) is 2. The minimum Gasteiger partial charge on any atom is -0.465 e. The lowest BCUT2D eigenvalue weighted by Gasteiger charge is -2.17. The number of carbonyl (C=O) groups excluding carboxylic acids is 3. The molecule has 1 aromatic carbocycles. The topological polar surface area (TPSA) is 102 Å². The number of amides is 2. The Morgan fingerprint density at radius 2 is 1.93 bits per heavy atom. The maximum absolute atomic E-state index is 12.9. The lowest BCUT2D eigenvalue weighted by atomic mass is 10.1. The Morgan fingerprint density at radius 3 is 2.68 bits per heavy atom. The van der Waals surface area contributed by atoms with E-state index < -0.39 is 11.9 Å². The third-order valence-corrected chi connectivity index (χ3v) is 5.03. The van der Waals surface area contributed by atoms with Crippen LogP contribution in [0, 0.1) is 0 Å². The minimum absolute atomic E-state index is 0.216. The molecule has 0 spiro atoms. The van der Waals surface area contributed by atoms with Crippen LogP contribution in [0.2, 0.25) is 0 Å². The van der Waals surface area contributed by atoms with Gasteiger partial charge in [0.15, 0.2) is 11.5 Å². The van der Waals surface area contributed by atoms with Gasteiger partial charge in [-0.15, -0.1) is 0 Å². The molecule has 146 valence electrons. The third-order valence-electron chi connectivity index (χ3n) is 5.03. The third kappa shape index (κ3) is 3.49. The Kier molecular flexibility index (Phi) is 4.85. The first-order chi connectivity index (χ1) is 13.6. The summed E-state index contributed by atoms with van der Waals surface area (Å²) >= 11 is 0. The molecule has 2 heterocycles. The van der Waals surface area contributed by atoms with Crippen molar-refractivity contribution < 1.29 is 19.1 Å². The van der Waals surface area contributed by atoms with Crippen LogP contribution in [0.5, 0.6) is 0 Å². The molecule has 0 radical (unpaired) electrons. The molecule has 1 aliphatic heterocycles. The maximum Gasteiger partial charge on any atom is 0.339 e. The van der Waals surface area contributed by atoms with Gasteiger partial charge in [-0.1, -0.05) is 12.1 Å². The van der Waals surface area contributed by atoms with Gasteiger partial charge in [-0.2, -0.15) is 0 Å². The van der Waals surface area contributed by atoms with E-state index in [9.17, 15) is 14.4 Å². The zero-order valence-corrected chi connectivity index (χ0v) is 15.7. The first-order valence-corrected chi connectivity index (χ1v) is 9.47. The van der Waals surface area contributed by atoms with Gasteiger partial charge < -0.3 is 19.9 Å². The number of ether oxygens (including phenoxy) is 1. The van der Waals surface area contributed by atoms with Crippen LogP contribution in [-0.2, 0) is 17.7 Å². The summed E-state index contributed by atoms with van der Waals surface area (Å²) in [6.45, 7) is 0.668. The van der Waals surface area contributed by atoms with E-state index >= 15 is 0 Å². The predicted octanol–water partition coefficient (Wildman–Crippen LogP) is 2.15. The lowest BCUT2D eigenvalue weighted by molar-refractivity contribution is 0.0601. The average molecular weight is 382 g/mol. The van der Waals surface area contributed by atoms with Crippen LogP contribution in [0.15, 0.2) is 24.3 Å². The summed E-state index contributed by atoms with van der Waals surface area (Å²) in [4.78, 5) is 41.8. The van der Waals surface area contributed by atoms with Gasteiger partial charge >= 0.3 is 5.97 Å². The first kappa shape index (κ1) is 18.2. The molecule has 1 aliphatic carbocycles. The highest BCUT2D eigenvalue weighted by atomic mass is 16.5. The van der Waals surface area contributed by atoms with E-state index in [4.69, 9.17) is 4.74 Å². The van der Waals surface area contributed by atoms with Gasteiger partial charge in [0.1, 0.15) is 0 Å². The van der Waals surface area contributed by atoms with Crippen molar-refractivity contribution in [2.24, 2.45) is 0 Å². The van der Waals surface area contributed by atoms with Gasteiger partial charge in [-0.25, -0.2) is 9.78 Å². The molecule has 2 amide bonds. The van der Waals surface area contributed by atoms with E-state index in [1.165, 1.54) is 7.11 Å². The SMILES string of the molecule is COC(=O)c1ccccc1NC(=O)c1nc(C(=O)NC2CC2)n2c1CCCC2. The van der Waals surface area contributed by atoms with Crippen LogP contribution in [0.25, 0.3) is 0 Å². The van der Waals surface area contributed by atoms with E-state index in [0.717, 1.165) is 31.4 Å². The molecule has 28 heavy (non-hydrogen) atoms. The molecule has 2 aromatic rings. The Bertz CT molecular complexity index is 946. The highest BCUT2D eigenvalue weighted by molar-refractivity contribution is 6.08. The summed E-state index contributed by atoms with van der Waals surface area (Å²) in [7, 11) is 1.29. The number of para-hydroxylation sites is 1. The number of nitrogens with one attached hydrogen (secondary N) is 2. The Hall–Kier alpha value is -3.16. The molecular weight excluding hydrogens is 360 g/mol. The number of rotatable bonds is 5. The summed E-state index contributed by atoms with van der Waals surface area (Å²) in [5.41, 5.74) is 1.61. The van der Waals surface area contributed by atoms with E-state index in [0.29, 0.717) is 18.7 Å². The fourth-order valence-electron chi connectivity index (χ4n) is 3.44. The van der Waals surface area contributed by atoms with Crippen molar-refractivity contribution >= 4 is 23.5 Å². The average Bonchev–Trinajstić information content (AvgIpc) is 3.44. The fourth-order valence-corrected chi connectivity index (χ4v) is 3.44. The van der Waals surface area contributed by atoms with Crippen molar-refractivity contribution in [3.8, 4) is 0 Å². The van der Waals surface area contributed by atoms with Crippen LogP contribution < -0.4 is 10.6 Å². The molecule has 2 N–H and O–H groups in total. The van der Waals surface area contributed by atoms with Crippen molar-refractivity contribution in [2.75, 3.05) is 12.4 Å². The molecule has 0 bridgehead atoms. The predicted molar refractivity (Wildman–Crippen MR) is 101 cm³/mol. The van der Waals surface area contributed by atoms with E-state index in [1.807, 2.05) is 4.57 Å². The minimum atomic E-state index is -0.535. The van der Waals surface area contributed by atoms with Crippen molar-refractivity contribution in [1.29, 1.82) is 0 Å². The van der Waals surface area contributed by atoms with E-state index in [1.54, 1.807) is 24.3 Å². The Labute approximate surface area is 162 Å². The molecule has 8 nitrogen and oxygen atoms in total. The van der Waals surface area contributed by atoms with E-state index in [-0.39, 0.29) is 29.0 Å². The van der Waals surface area contributed by atoms with Gasteiger partial charge in [-0.3, -0.25) is 9.59 Å². The highest BCUT2D eigenvalue weighted by Crippen LogP contribution is 2.25. The summed E-state index contributed by atoms with van der Waals surface area (Å²) < 4.78 is 6.62. The molecule has 0 unspecified atom stereocenters. The normalized spacial score (nSPS) is 15.5. The van der Waals surface area contributed by atoms with Crippen molar-refractivity contribution in [1.82, 2.24) is 14.9 Å². The van der Waals surface area contributed by atoms with Gasteiger partial charge in [0.25, 0.3) is 11.8 Å². The van der Waals surface area contributed by atoms with Crippen molar-refractivity contribution in [3.63, 3.8) is 0 Å². The van der Waals surface area contributed by atoms with Crippen LogP contribution in [0.1, 0.15) is 62.8 Å². The molecule has 1 saturated carbocycles. The van der Waals surface area contributed by atoms with Gasteiger partial charge in [0.2, 0.25) is 0 Å². The molecule has 0 saturated heterocycles. The molecule has 4 rings (SSSR count). The van der Waals surface area contributed by atoms with Crippen molar-refractivity contribution in [3.05, 3.63) is 47.0 Å². The number of esters is 1. The Morgan fingerprint density at radius 1 is 1.14 bits per heavy atom. The quantitative estimate of drug-likeness (QED) is 0.772. The number of fused-ring (bicyclic) bond motifs is 1. The second kappa shape index (κ2) is 7.46. The second-order valence-electron chi connectivity index (χ2n) is 7.08. The highest BCUT2D eigenvalue weighted by Gasteiger charge is 2.31. The Balaban J connectivity index is 1.64. The second-order valence-corrected chi connectivity index (χ2v) is 7.08. The fraction of sp³-hybridized carbons (Fsp3) is 0.400. The van der Waals surface area contributed by atoms with Crippen LogP contribution in [0.4, 0.5) is 5.69 Å². The smallest absolute Gasteiger partial charge is 0.339 e. The largest absolute Gasteiger partial charge is 0.465 e. The maximum atomic E-state index is 12.9. The van der Waals surface area contributed by atoms with Gasteiger partial charge in [0.05, 0.1) is 24.1 Å². The molecule has 2 aliphatic rings. The lowest BCUT2D eigenvalue weighted by Crippen LogP contribution is -2.29. The summed E-state index contributed by atoms with van der Waals surface area (Å²) in [5, 5.41) is 5.69.